The van der Waals surface area contributed by atoms with Crippen LogP contribution in [0.3, 0.4) is 0 Å². The van der Waals surface area contributed by atoms with Gasteiger partial charge in [-0.1, -0.05) is 0 Å². The fourth-order valence-electron chi connectivity index (χ4n) is 3.37. The van der Waals surface area contributed by atoms with Crippen molar-refractivity contribution < 1.29 is 4.79 Å². The van der Waals surface area contributed by atoms with E-state index in [9.17, 15) is 4.79 Å². The molecule has 1 aliphatic heterocycles. The van der Waals surface area contributed by atoms with Crippen molar-refractivity contribution >= 4 is 23.0 Å². The average molecular weight is 385 g/mol. The highest BCUT2D eigenvalue weighted by Gasteiger charge is 2.21. The molecule has 9 heteroatoms. The second kappa shape index (κ2) is 8.10. The van der Waals surface area contributed by atoms with Gasteiger partial charge in [-0.2, -0.15) is 4.98 Å². The number of hydrogen-bond donors (Lipinski definition) is 1. The van der Waals surface area contributed by atoms with Crippen LogP contribution in [0, 0.1) is 12.8 Å². The Kier molecular flexibility index (Phi) is 5.40. The zero-order valence-corrected chi connectivity index (χ0v) is 16.2. The minimum absolute atomic E-state index is 0.0594. The van der Waals surface area contributed by atoms with Crippen LogP contribution < -0.4 is 5.32 Å². The van der Waals surface area contributed by atoms with Crippen LogP contribution in [0.15, 0.2) is 23.8 Å². The highest BCUT2D eigenvalue weighted by molar-refractivity contribution is 7.09. The number of nitrogens with one attached hydrogen (secondary N) is 1. The van der Waals surface area contributed by atoms with Gasteiger partial charge in [-0.25, -0.2) is 14.5 Å². The van der Waals surface area contributed by atoms with Crippen molar-refractivity contribution in [1.29, 1.82) is 0 Å². The molecule has 4 heterocycles. The second-order valence-corrected chi connectivity index (χ2v) is 8.01. The molecule has 3 aromatic heterocycles. The third kappa shape index (κ3) is 4.67. The van der Waals surface area contributed by atoms with Crippen LogP contribution in [0.1, 0.15) is 29.4 Å². The Hall–Kier alpha value is -2.39. The van der Waals surface area contributed by atoms with Crippen molar-refractivity contribution in [2.75, 3.05) is 19.6 Å². The normalized spacial score (nSPS) is 16.0. The van der Waals surface area contributed by atoms with E-state index in [1.54, 1.807) is 22.0 Å². The number of carbonyl (C=O) groups excluding carboxylic acids is 1. The minimum atomic E-state index is 0.0594. The van der Waals surface area contributed by atoms with Crippen molar-refractivity contribution in [1.82, 2.24) is 34.8 Å². The van der Waals surface area contributed by atoms with Gasteiger partial charge in [0.15, 0.2) is 5.82 Å². The van der Waals surface area contributed by atoms with E-state index in [4.69, 9.17) is 0 Å². The first-order valence-electron chi connectivity index (χ1n) is 9.22. The van der Waals surface area contributed by atoms with E-state index >= 15 is 0 Å². The van der Waals surface area contributed by atoms with Gasteiger partial charge in [0.05, 0.1) is 23.7 Å². The third-order valence-corrected chi connectivity index (χ3v) is 5.65. The van der Waals surface area contributed by atoms with E-state index < -0.39 is 0 Å². The molecule has 0 aliphatic carbocycles. The summed E-state index contributed by atoms with van der Waals surface area (Å²) in [6.07, 6.45) is 6.10. The van der Waals surface area contributed by atoms with Crippen LogP contribution in [0.25, 0.3) is 5.78 Å². The number of amides is 1. The zero-order valence-electron chi connectivity index (χ0n) is 15.3. The lowest BCUT2D eigenvalue weighted by atomic mass is 9.96. The van der Waals surface area contributed by atoms with Gasteiger partial charge in [0.25, 0.3) is 5.78 Å². The predicted octanol–water partition coefficient (Wildman–Crippen LogP) is 1.46. The molecule has 1 N–H and O–H groups in total. The molecule has 4 rings (SSSR count). The number of nitrogens with zero attached hydrogens (tertiary/aromatic N) is 6. The highest BCUT2D eigenvalue weighted by Crippen LogP contribution is 2.18. The summed E-state index contributed by atoms with van der Waals surface area (Å²) in [5, 5.41) is 10.5. The summed E-state index contributed by atoms with van der Waals surface area (Å²) in [4.78, 5) is 27.5. The van der Waals surface area contributed by atoms with Gasteiger partial charge in [-0.05, 0) is 44.8 Å². The van der Waals surface area contributed by atoms with Crippen molar-refractivity contribution in [3.05, 3.63) is 40.4 Å². The van der Waals surface area contributed by atoms with Gasteiger partial charge in [-0.15, -0.1) is 16.4 Å². The third-order valence-electron chi connectivity index (χ3n) is 4.83. The lowest BCUT2D eigenvalue weighted by molar-refractivity contribution is -0.120. The Balaban J connectivity index is 1.20. The Bertz CT molecular complexity index is 880. The SMILES string of the molecule is Cc1nc(CC(=O)NCC2CCN(Cc3nc4ncccn4n3)CC2)cs1. The molecule has 1 fully saturated rings. The Morgan fingerprint density at radius 3 is 2.93 bits per heavy atom. The van der Waals surface area contributed by atoms with E-state index in [2.05, 4.69) is 30.3 Å². The molecule has 8 nitrogen and oxygen atoms in total. The first-order chi connectivity index (χ1) is 13.2. The summed E-state index contributed by atoms with van der Waals surface area (Å²) < 4.78 is 1.71. The molecule has 1 aliphatic rings. The molecule has 142 valence electrons. The standard InChI is InChI=1S/C18H23N7OS/c1-13-21-15(12-27-13)9-17(26)20-10-14-3-7-24(8-4-14)11-16-22-18-19-5-2-6-25(18)23-16/h2,5-6,12,14H,3-4,7-11H2,1H3,(H,20,26). The fraction of sp³-hybridized carbons (Fsp3) is 0.500. The Morgan fingerprint density at radius 1 is 1.33 bits per heavy atom. The molecule has 0 unspecified atom stereocenters. The van der Waals surface area contributed by atoms with Gasteiger partial charge in [0.2, 0.25) is 5.91 Å². The maximum atomic E-state index is 12.1. The van der Waals surface area contributed by atoms with E-state index in [1.165, 1.54) is 0 Å². The number of carbonyl (C=O) groups is 1. The Labute approximate surface area is 161 Å². The molecule has 0 atom stereocenters. The molecular weight excluding hydrogens is 362 g/mol. The quantitative estimate of drug-likeness (QED) is 0.691. The summed E-state index contributed by atoms with van der Waals surface area (Å²) >= 11 is 1.58. The van der Waals surface area contributed by atoms with Crippen LogP contribution in [0.5, 0.6) is 0 Å². The number of rotatable bonds is 6. The number of likely N-dealkylation sites (tertiary alicyclic amines) is 1. The van der Waals surface area contributed by atoms with Crippen molar-refractivity contribution in [3.8, 4) is 0 Å². The van der Waals surface area contributed by atoms with E-state index in [0.29, 0.717) is 18.1 Å². The van der Waals surface area contributed by atoms with Crippen LogP contribution in [0.4, 0.5) is 0 Å². The lowest BCUT2D eigenvalue weighted by Gasteiger charge is -2.31. The maximum Gasteiger partial charge on any atom is 0.252 e. The van der Waals surface area contributed by atoms with E-state index in [1.807, 2.05) is 24.6 Å². The maximum absolute atomic E-state index is 12.1. The molecular formula is C18H23N7OS. The molecule has 0 bridgehead atoms. The molecule has 1 saturated heterocycles. The molecule has 1 amide bonds. The number of fused-ring (bicyclic) bond motifs is 1. The van der Waals surface area contributed by atoms with Gasteiger partial charge < -0.3 is 5.32 Å². The predicted molar refractivity (Wildman–Crippen MR) is 102 cm³/mol. The molecule has 0 aromatic carbocycles. The van der Waals surface area contributed by atoms with E-state index in [0.717, 1.165) is 55.5 Å². The largest absolute Gasteiger partial charge is 0.355 e. The molecule has 0 radical (unpaired) electrons. The molecule has 0 spiro atoms. The number of aromatic nitrogens is 5. The molecule has 3 aromatic rings. The Morgan fingerprint density at radius 2 is 2.19 bits per heavy atom. The van der Waals surface area contributed by atoms with Gasteiger partial charge in [0, 0.05) is 24.3 Å². The monoisotopic (exact) mass is 385 g/mol. The summed E-state index contributed by atoms with van der Waals surface area (Å²) in [6.45, 7) is 5.43. The zero-order chi connectivity index (χ0) is 18.6. The smallest absolute Gasteiger partial charge is 0.252 e. The first kappa shape index (κ1) is 18.0. The molecule has 27 heavy (non-hydrogen) atoms. The summed E-state index contributed by atoms with van der Waals surface area (Å²) in [5.41, 5.74) is 0.860. The number of aryl methyl sites for hydroxylation is 1. The summed E-state index contributed by atoms with van der Waals surface area (Å²) in [7, 11) is 0. The number of thiazole rings is 1. The van der Waals surface area contributed by atoms with Gasteiger partial charge in [-0.3, -0.25) is 9.69 Å². The highest BCUT2D eigenvalue weighted by atomic mass is 32.1. The fourth-order valence-corrected chi connectivity index (χ4v) is 3.98. The molecule has 0 saturated carbocycles. The minimum Gasteiger partial charge on any atom is -0.355 e. The second-order valence-electron chi connectivity index (χ2n) is 6.95. The topological polar surface area (TPSA) is 88.3 Å². The average Bonchev–Trinajstić information content (AvgIpc) is 3.26. The van der Waals surface area contributed by atoms with Gasteiger partial charge in [0.1, 0.15) is 0 Å². The number of hydrogen-bond acceptors (Lipinski definition) is 7. The first-order valence-corrected chi connectivity index (χ1v) is 10.1. The van der Waals surface area contributed by atoms with Gasteiger partial charge >= 0.3 is 0 Å². The van der Waals surface area contributed by atoms with E-state index in [-0.39, 0.29) is 5.91 Å². The van der Waals surface area contributed by atoms with Crippen molar-refractivity contribution in [3.63, 3.8) is 0 Å². The van der Waals surface area contributed by atoms with Crippen molar-refractivity contribution in [2.45, 2.75) is 32.7 Å². The summed E-state index contributed by atoms with van der Waals surface area (Å²) in [5.74, 6) is 2.03. The number of piperidine rings is 1. The lowest BCUT2D eigenvalue weighted by Crippen LogP contribution is -2.38. The van der Waals surface area contributed by atoms with Crippen LogP contribution >= 0.6 is 11.3 Å². The van der Waals surface area contributed by atoms with Crippen LogP contribution in [-0.4, -0.2) is 55.0 Å². The van der Waals surface area contributed by atoms with Crippen LogP contribution in [-0.2, 0) is 17.8 Å². The van der Waals surface area contributed by atoms with Crippen molar-refractivity contribution in [2.24, 2.45) is 5.92 Å². The van der Waals surface area contributed by atoms with Crippen LogP contribution in [0.2, 0.25) is 0 Å². The summed E-state index contributed by atoms with van der Waals surface area (Å²) in [6, 6.07) is 1.85.